The molecule has 4 N–H and O–H groups in total. The Labute approximate surface area is 169 Å². The molecule has 28 heavy (non-hydrogen) atoms. The van der Waals surface area contributed by atoms with Gasteiger partial charge in [0.1, 0.15) is 0 Å². The van der Waals surface area contributed by atoms with Crippen molar-refractivity contribution in [2.45, 2.75) is 13.0 Å². The third-order valence-electron chi connectivity index (χ3n) is 2.90. The van der Waals surface area contributed by atoms with Crippen LogP contribution >= 0.6 is 0 Å². The van der Waals surface area contributed by atoms with Gasteiger partial charge in [0, 0.05) is 24.3 Å². The molecule has 8 nitrogen and oxygen atoms in total. The summed E-state index contributed by atoms with van der Waals surface area (Å²) in [5, 5.41) is 19.7. The van der Waals surface area contributed by atoms with Gasteiger partial charge < -0.3 is 15.8 Å². The molecule has 1 unspecified atom stereocenters. The number of aromatic amines is 1. The van der Waals surface area contributed by atoms with E-state index < -0.39 is 12.0 Å². The normalized spacial score (nSPS) is 9.93. The summed E-state index contributed by atoms with van der Waals surface area (Å²) in [6.07, 6.45) is 5.73. The first-order valence-corrected chi connectivity index (χ1v) is 9.91. The third-order valence-corrected chi connectivity index (χ3v) is 3.81. The molecule has 9 heteroatoms. The second-order valence-corrected chi connectivity index (χ2v) is 6.43. The number of amides is 1. The van der Waals surface area contributed by atoms with Crippen LogP contribution in [0.2, 0.25) is 0 Å². The molecule has 0 spiro atoms. The molecule has 4 aromatic rings. The van der Waals surface area contributed by atoms with Crippen molar-refractivity contribution >= 4 is 20.6 Å². The van der Waals surface area contributed by atoms with Crippen molar-refractivity contribution in [2.24, 2.45) is 5.73 Å². The van der Waals surface area contributed by atoms with Gasteiger partial charge >= 0.3 is 35.1 Å². The minimum Gasteiger partial charge on any atom is -0.159 e. The second-order valence-electron chi connectivity index (χ2n) is 5.07. The first-order chi connectivity index (χ1) is 13.6. The fourth-order valence-electron chi connectivity index (χ4n) is 1.61. The summed E-state index contributed by atoms with van der Waals surface area (Å²) in [6.45, 7) is 2.03. The van der Waals surface area contributed by atoms with Crippen LogP contribution < -0.4 is 5.73 Å². The summed E-state index contributed by atoms with van der Waals surface area (Å²) in [5.74, 6) is -0.726. The maximum absolute atomic E-state index is 10.5. The van der Waals surface area contributed by atoms with E-state index in [1.165, 1.54) is 5.69 Å². The zero-order valence-electron chi connectivity index (χ0n) is 15.3. The standard InChI is InChI=1S/C8H9NO2.C5H7N.C4H4N2.C2H2N2Se/c9-8(11)7(10)6-4-2-1-3-5-6;1-5-3-2-4-6-5;1-2-4-6-5-3-1;1-2-5-4-3-1/h1-5,7,10H,(H2,9,11);2-4,6H,1H3;1-4H;1-2H. The molecule has 0 aliphatic heterocycles. The van der Waals surface area contributed by atoms with Crippen LogP contribution in [0.5, 0.6) is 0 Å². The predicted molar refractivity (Wildman–Crippen MR) is 107 cm³/mol. The molecular formula is C19H22N6O2Se. The molecule has 1 atom stereocenters. The molecule has 0 saturated carbocycles. The molecule has 0 aliphatic rings. The zero-order valence-corrected chi connectivity index (χ0v) is 17.0. The molecule has 0 fully saturated rings. The number of carbonyl (C=O) groups is 1. The molecular weight excluding hydrogens is 423 g/mol. The van der Waals surface area contributed by atoms with Crippen LogP contribution in [0.1, 0.15) is 17.4 Å². The van der Waals surface area contributed by atoms with E-state index >= 15 is 0 Å². The Balaban J connectivity index is 0.000000197. The Bertz CT molecular complexity index is 784. The van der Waals surface area contributed by atoms with Crippen molar-refractivity contribution in [3.63, 3.8) is 0 Å². The fraction of sp³-hybridized carbons (Fsp3) is 0.105. The van der Waals surface area contributed by atoms with E-state index in [0.29, 0.717) is 20.3 Å². The molecule has 0 radical (unpaired) electrons. The summed E-state index contributed by atoms with van der Waals surface area (Å²) in [5.41, 5.74) is 6.62. The van der Waals surface area contributed by atoms with E-state index in [1.807, 2.05) is 42.3 Å². The smallest absolute Gasteiger partial charge is 0.0496 e. The zero-order chi connectivity index (χ0) is 20.5. The molecule has 146 valence electrons. The van der Waals surface area contributed by atoms with E-state index in [1.54, 1.807) is 48.9 Å². The summed E-state index contributed by atoms with van der Waals surface area (Å²) in [7, 11) is 0. The van der Waals surface area contributed by atoms with Crippen molar-refractivity contribution < 1.29 is 9.90 Å². The number of hydrogen-bond acceptors (Lipinski definition) is 6. The predicted octanol–water partition coefficient (Wildman–Crippen LogP) is 1.54. The van der Waals surface area contributed by atoms with Crippen molar-refractivity contribution in [2.75, 3.05) is 0 Å². The average Bonchev–Trinajstić information content (AvgIpc) is 3.47. The largest absolute Gasteiger partial charge is 0.159 e. The number of carbonyl (C=O) groups excluding carboxylic acids is 1. The Morgan fingerprint density at radius 1 is 1.00 bits per heavy atom. The molecule has 3 aromatic heterocycles. The van der Waals surface area contributed by atoms with Gasteiger partial charge in [-0.3, -0.25) is 4.79 Å². The number of nitrogens with zero attached hydrogens (tertiary/aromatic N) is 4. The van der Waals surface area contributed by atoms with Crippen LogP contribution in [0.4, 0.5) is 0 Å². The van der Waals surface area contributed by atoms with Crippen LogP contribution in [0.3, 0.4) is 0 Å². The molecule has 0 aliphatic carbocycles. The average molecular weight is 445 g/mol. The molecule has 0 bridgehead atoms. The van der Waals surface area contributed by atoms with Gasteiger partial charge in [-0.05, 0) is 36.8 Å². The molecule has 1 amide bonds. The molecule has 4 rings (SSSR count). The maximum atomic E-state index is 10.5. The second kappa shape index (κ2) is 15.0. The van der Waals surface area contributed by atoms with Crippen molar-refractivity contribution in [1.29, 1.82) is 0 Å². The van der Waals surface area contributed by atoms with E-state index in [2.05, 4.69) is 24.4 Å². The van der Waals surface area contributed by atoms with E-state index in [0.717, 1.165) is 0 Å². The number of benzene rings is 1. The number of aromatic nitrogens is 5. The van der Waals surface area contributed by atoms with Gasteiger partial charge in [0.25, 0.3) is 5.91 Å². The van der Waals surface area contributed by atoms with Crippen molar-refractivity contribution in [3.05, 3.63) is 95.6 Å². The Hall–Kier alpha value is -3.13. The first kappa shape index (κ1) is 22.9. The first-order valence-electron chi connectivity index (χ1n) is 8.16. The molecule has 3 heterocycles. The van der Waals surface area contributed by atoms with Crippen LogP contribution in [-0.2, 0) is 4.79 Å². The van der Waals surface area contributed by atoms with Crippen LogP contribution in [0, 0.1) is 6.92 Å². The number of aryl methyl sites for hydroxylation is 1. The van der Waals surface area contributed by atoms with Crippen molar-refractivity contribution in [3.8, 4) is 0 Å². The Kier molecular flexibility index (Phi) is 12.3. The number of H-pyrrole nitrogens is 1. The van der Waals surface area contributed by atoms with Crippen LogP contribution in [0.25, 0.3) is 0 Å². The van der Waals surface area contributed by atoms with Crippen LogP contribution in [0.15, 0.2) is 84.3 Å². The molecule has 1 aromatic carbocycles. The van der Waals surface area contributed by atoms with E-state index in [9.17, 15) is 4.79 Å². The Morgan fingerprint density at radius 2 is 1.68 bits per heavy atom. The summed E-state index contributed by atoms with van der Waals surface area (Å²) >= 11 is 0.347. The van der Waals surface area contributed by atoms with Crippen molar-refractivity contribution in [1.82, 2.24) is 24.4 Å². The minimum atomic E-state index is -1.18. The number of rotatable bonds is 2. The van der Waals surface area contributed by atoms with E-state index in [-0.39, 0.29) is 0 Å². The number of nitrogens with two attached hydrogens (primary N) is 1. The fourth-order valence-corrected chi connectivity index (χ4v) is 2.18. The molecule has 0 saturated heterocycles. The number of nitrogens with one attached hydrogen (secondary N) is 1. The number of hydrogen-bond donors (Lipinski definition) is 3. The van der Waals surface area contributed by atoms with Gasteiger partial charge in [0.15, 0.2) is 6.10 Å². The van der Waals surface area contributed by atoms with Crippen LogP contribution in [-0.4, -0.2) is 50.1 Å². The maximum Gasteiger partial charge on any atom is 0.0496 e. The number of aliphatic hydroxyl groups is 1. The minimum absolute atomic E-state index is 0.347. The SMILES string of the molecule is Cc1ccc[nH]1.NC(=O)C(O)c1ccccc1.c1c[se]nn1.c1ccnnc1. The van der Waals surface area contributed by atoms with Gasteiger partial charge in [0.05, 0.1) is 0 Å². The summed E-state index contributed by atoms with van der Waals surface area (Å²) in [6, 6.07) is 16.2. The van der Waals surface area contributed by atoms with Gasteiger partial charge in [-0.1, -0.05) is 30.3 Å². The van der Waals surface area contributed by atoms with Gasteiger partial charge in [0.2, 0.25) is 0 Å². The van der Waals surface area contributed by atoms with Gasteiger partial charge in [-0.2, -0.15) is 10.2 Å². The quantitative estimate of drug-likeness (QED) is 0.401. The summed E-state index contributed by atoms with van der Waals surface area (Å²) < 4.78 is 3.66. The summed E-state index contributed by atoms with van der Waals surface area (Å²) in [4.78, 5) is 15.4. The van der Waals surface area contributed by atoms with Gasteiger partial charge in [-0.15, -0.1) is 0 Å². The van der Waals surface area contributed by atoms with E-state index in [4.69, 9.17) is 10.8 Å². The Morgan fingerprint density at radius 3 is 1.96 bits per heavy atom. The number of primary amides is 1. The third kappa shape index (κ3) is 11.5. The number of aliphatic hydroxyl groups excluding tert-OH is 1. The van der Waals surface area contributed by atoms with Gasteiger partial charge in [-0.25, -0.2) is 0 Å². The monoisotopic (exact) mass is 446 g/mol. The topological polar surface area (TPSA) is 131 Å².